The number of urea groups is 1. The number of hydrogen-bond acceptors (Lipinski definition) is 4. The largest absolute Gasteiger partial charge is 0.479 e. The van der Waals surface area contributed by atoms with Crippen molar-refractivity contribution < 1.29 is 24.2 Å². The fourth-order valence-corrected chi connectivity index (χ4v) is 2.09. The quantitative estimate of drug-likeness (QED) is 0.869. The van der Waals surface area contributed by atoms with Crippen molar-refractivity contribution in [1.29, 1.82) is 0 Å². The highest BCUT2D eigenvalue weighted by Gasteiger charge is 2.28. The first-order chi connectivity index (χ1) is 10.1. The lowest BCUT2D eigenvalue weighted by atomic mass is 10.2. The van der Waals surface area contributed by atoms with E-state index in [0.29, 0.717) is 18.8 Å². The molecule has 0 spiro atoms. The summed E-state index contributed by atoms with van der Waals surface area (Å²) in [5.74, 6) is -1.06. The minimum atomic E-state index is -1.06. The fourth-order valence-electron chi connectivity index (χ4n) is 2.09. The van der Waals surface area contributed by atoms with Gasteiger partial charge >= 0.3 is 12.0 Å². The molecule has 1 aliphatic heterocycles. The van der Waals surface area contributed by atoms with Crippen LogP contribution >= 0.6 is 0 Å². The summed E-state index contributed by atoms with van der Waals surface area (Å²) in [7, 11) is 1.60. The second-order valence-electron chi connectivity index (χ2n) is 4.71. The minimum absolute atomic E-state index is 0.0406. The second kappa shape index (κ2) is 7.05. The van der Waals surface area contributed by atoms with Crippen molar-refractivity contribution in [3.05, 3.63) is 29.8 Å². The number of morpholine rings is 1. The van der Waals surface area contributed by atoms with Gasteiger partial charge in [0.25, 0.3) is 0 Å². The number of nitrogens with one attached hydrogen (secondary N) is 1. The molecule has 1 heterocycles. The number of aliphatic carboxylic acids is 1. The van der Waals surface area contributed by atoms with E-state index in [-0.39, 0.29) is 19.2 Å². The summed E-state index contributed by atoms with van der Waals surface area (Å²) in [4.78, 5) is 24.5. The van der Waals surface area contributed by atoms with E-state index in [1.54, 1.807) is 13.2 Å². The van der Waals surface area contributed by atoms with Crippen molar-refractivity contribution in [3.8, 4) is 0 Å². The van der Waals surface area contributed by atoms with Crippen molar-refractivity contribution in [3.63, 3.8) is 0 Å². The van der Waals surface area contributed by atoms with E-state index in [4.69, 9.17) is 14.6 Å². The van der Waals surface area contributed by atoms with E-state index in [0.717, 1.165) is 5.56 Å². The third-order valence-electron chi connectivity index (χ3n) is 3.12. The van der Waals surface area contributed by atoms with Crippen molar-refractivity contribution in [2.24, 2.45) is 0 Å². The van der Waals surface area contributed by atoms with Gasteiger partial charge in [0.05, 0.1) is 19.8 Å². The molecule has 1 aliphatic rings. The summed E-state index contributed by atoms with van der Waals surface area (Å²) in [6.07, 6.45) is -0.968. The molecule has 1 fully saturated rings. The van der Waals surface area contributed by atoms with Gasteiger partial charge in [-0.2, -0.15) is 0 Å². The van der Waals surface area contributed by atoms with Crippen LogP contribution in [0.4, 0.5) is 10.5 Å². The lowest BCUT2D eigenvalue weighted by molar-refractivity contribution is -0.154. The van der Waals surface area contributed by atoms with E-state index in [9.17, 15) is 9.59 Å². The van der Waals surface area contributed by atoms with Gasteiger partial charge in [-0.15, -0.1) is 0 Å². The number of carbonyl (C=O) groups excluding carboxylic acids is 1. The van der Waals surface area contributed by atoms with Gasteiger partial charge in [-0.25, -0.2) is 9.59 Å². The molecular formula is C14H18N2O5. The molecule has 0 bridgehead atoms. The summed E-state index contributed by atoms with van der Waals surface area (Å²) in [6, 6.07) is 6.97. The summed E-state index contributed by atoms with van der Waals surface area (Å²) in [5.41, 5.74) is 1.59. The molecule has 1 saturated heterocycles. The van der Waals surface area contributed by atoms with Crippen LogP contribution in [0.15, 0.2) is 24.3 Å². The van der Waals surface area contributed by atoms with Crippen LogP contribution in [0.2, 0.25) is 0 Å². The van der Waals surface area contributed by atoms with E-state index >= 15 is 0 Å². The average molecular weight is 294 g/mol. The molecule has 114 valence electrons. The summed E-state index contributed by atoms with van der Waals surface area (Å²) < 4.78 is 10.1. The van der Waals surface area contributed by atoms with Crippen LogP contribution in [0.1, 0.15) is 5.56 Å². The van der Waals surface area contributed by atoms with Gasteiger partial charge in [0.15, 0.2) is 6.10 Å². The van der Waals surface area contributed by atoms with Gasteiger partial charge < -0.3 is 24.8 Å². The Morgan fingerprint density at radius 3 is 3.05 bits per heavy atom. The molecule has 1 unspecified atom stereocenters. The average Bonchev–Trinajstić information content (AvgIpc) is 2.48. The van der Waals surface area contributed by atoms with Gasteiger partial charge in [0.2, 0.25) is 0 Å². The van der Waals surface area contributed by atoms with E-state index in [1.165, 1.54) is 4.90 Å². The predicted octanol–water partition coefficient (Wildman–Crippen LogP) is 1.15. The zero-order valence-electron chi connectivity index (χ0n) is 11.7. The van der Waals surface area contributed by atoms with Crippen LogP contribution in [0.25, 0.3) is 0 Å². The Hall–Kier alpha value is -2.12. The Morgan fingerprint density at radius 2 is 2.33 bits per heavy atom. The SMILES string of the molecule is COCc1cccc(NC(=O)N2CCOC(C(=O)O)C2)c1. The highest BCUT2D eigenvalue weighted by atomic mass is 16.5. The number of benzene rings is 1. The van der Waals surface area contributed by atoms with Gasteiger partial charge in [0, 0.05) is 19.3 Å². The van der Waals surface area contributed by atoms with Crippen LogP contribution in [-0.2, 0) is 20.9 Å². The zero-order chi connectivity index (χ0) is 15.2. The second-order valence-corrected chi connectivity index (χ2v) is 4.71. The molecule has 21 heavy (non-hydrogen) atoms. The molecule has 0 aliphatic carbocycles. The van der Waals surface area contributed by atoms with Gasteiger partial charge in [-0.1, -0.05) is 12.1 Å². The lowest BCUT2D eigenvalue weighted by Crippen LogP contribution is -2.49. The number of rotatable bonds is 4. The zero-order valence-corrected chi connectivity index (χ0v) is 11.7. The molecular weight excluding hydrogens is 276 g/mol. The summed E-state index contributed by atoms with van der Waals surface area (Å²) in [6.45, 7) is 1.09. The molecule has 7 nitrogen and oxygen atoms in total. The fraction of sp³-hybridized carbons (Fsp3) is 0.429. The number of carboxylic acid groups (broad SMARTS) is 1. The maximum absolute atomic E-state index is 12.1. The predicted molar refractivity (Wildman–Crippen MR) is 75.1 cm³/mol. The number of amides is 2. The minimum Gasteiger partial charge on any atom is -0.479 e. The molecule has 7 heteroatoms. The molecule has 1 aromatic rings. The van der Waals surface area contributed by atoms with Crippen LogP contribution < -0.4 is 5.32 Å². The maximum Gasteiger partial charge on any atom is 0.334 e. The number of carboxylic acids is 1. The van der Waals surface area contributed by atoms with Crippen LogP contribution in [0, 0.1) is 0 Å². The molecule has 1 aromatic carbocycles. The van der Waals surface area contributed by atoms with Crippen molar-refractivity contribution in [2.45, 2.75) is 12.7 Å². The number of methoxy groups -OCH3 is 1. The Kier molecular flexibility index (Phi) is 5.13. The van der Waals surface area contributed by atoms with Crippen LogP contribution in [-0.4, -0.2) is 54.9 Å². The Labute approximate surface area is 122 Å². The number of hydrogen-bond donors (Lipinski definition) is 2. The third kappa shape index (κ3) is 4.17. The summed E-state index contributed by atoms with van der Waals surface area (Å²) in [5, 5.41) is 11.7. The number of carbonyl (C=O) groups is 2. The monoisotopic (exact) mass is 294 g/mol. The van der Waals surface area contributed by atoms with Crippen LogP contribution in [0.3, 0.4) is 0 Å². The lowest BCUT2D eigenvalue weighted by Gasteiger charge is -2.30. The van der Waals surface area contributed by atoms with E-state index in [1.807, 2.05) is 18.2 Å². The first-order valence-electron chi connectivity index (χ1n) is 6.58. The molecule has 0 radical (unpaired) electrons. The van der Waals surface area contributed by atoms with Gasteiger partial charge in [-0.05, 0) is 17.7 Å². The first kappa shape index (κ1) is 15.3. The topological polar surface area (TPSA) is 88.1 Å². The normalized spacial score (nSPS) is 18.3. The van der Waals surface area contributed by atoms with Gasteiger partial charge in [0.1, 0.15) is 0 Å². The van der Waals surface area contributed by atoms with Crippen molar-refractivity contribution >= 4 is 17.7 Å². The van der Waals surface area contributed by atoms with Crippen molar-refractivity contribution in [1.82, 2.24) is 4.90 Å². The smallest absolute Gasteiger partial charge is 0.334 e. The molecule has 0 aromatic heterocycles. The van der Waals surface area contributed by atoms with E-state index < -0.39 is 12.1 Å². The highest BCUT2D eigenvalue weighted by molar-refractivity contribution is 5.90. The van der Waals surface area contributed by atoms with Crippen molar-refractivity contribution in [2.75, 3.05) is 32.1 Å². The first-order valence-corrected chi connectivity index (χ1v) is 6.58. The molecule has 2 N–H and O–H groups in total. The Morgan fingerprint density at radius 1 is 1.52 bits per heavy atom. The number of anilines is 1. The Balaban J connectivity index is 1.97. The standard InChI is InChI=1S/C14H18N2O5/c1-20-9-10-3-2-4-11(7-10)15-14(19)16-5-6-21-12(8-16)13(17)18/h2-4,7,12H,5-6,8-9H2,1H3,(H,15,19)(H,17,18). The molecule has 2 rings (SSSR count). The summed E-state index contributed by atoms with van der Waals surface area (Å²) >= 11 is 0. The molecule has 0 saturated carbocycles. The van der Waals surface area contributed by atoms with E-state index in [2.05, 4.69) is 5.32 Å². The van der Waals surface area contributed by atoms with Gasteiger partial charge in [-0.3, -0.25) is 0 Å². The number of ether oxygens (including phenoxy) is 2. The molecule has 2 amide bonds. The van der Waals surface area contributed by atoms with Crippen LogP contribution in [0.5, 0.6) is 0 Å². The maximum atomic E-state index is 12.1. The third-order valence-corrected chi connectivity index (χ3v) is 3.12. The number of nitrogens with zero attached hydrogens (tertiary/aromatic N) is 1. The molecule has 1 atom stereocenters. The highest BCUT2D eigenvalue weighted by Crippen LogP contribution is 2.13. The Bertz CT molecular complexity index is 520.